The maximum absolute atomic E-state index is 5.90. The summed E-state index contributed by atoms with van der Waals surface area (Å²) in [5.74, 6) is 0. The van der Waals surface area contributed by atoms with Crippen LogP contribution in [-0.4, -0.2) is 6.04 Å². The second kappa shape index (κ2) is 2.60. The molecule has 1 aromatic rings. The number of aryl methyl sites for hydroxylation is 1. The van der Waals surface area contributed by atoms with Gasteiger partial charge in [0.15, 0.2) is 0 Å². The summed E-state index contributed by atoms with van der Waals surface area (Å²) in [6.45, 7) is 4.37. The van der Waals surface area contributed by atoms with Crippen LogP contribution in [0, 0.1) is 13.8 Å². The van der Waals surface area contributed by atoms with Crippen LogP contribution in [-0.2, 0) is 12.8 Å². The molecule has 1 unspecified atom stereocenters. The van der Waals surface area contributed by atoms with Crippen LogP contribution < -0.4 is 5.73 Å². The molecule has 1 nitrogen and oxygen atoms in total. The van der Waals surface area contributed by atoms with Gasteiger partial charge in [-0.3, -0.25) is 0 Å². The molecule has 0 spiro atoms. The van der Waals surface area contributed by atoms with Crippen molar-refractivity contribution < 1.29 is 0 Å². The van der Waals surface area contributed by atoms with Crippen LogP contribution in [0.25, 0.3) is 0 Å². The first kappa shape index (κ1) is 7.81. The Morgan fingerprint density at radius 3 is 2.75 bits per heavy atom. The van der Waals surface area contributed by atoms with Crippen LogP contribution in [0.2, 0.25) is 0 Å². The molecule has 0 heterocycles. The number of hydrogen-bond donors (Lipinski definition) is 1. The molecule has 1 heteroatoms. The summed E-state index contributed by atoms with van der Waals surface area (Å²) in [5.41, 5.74) is 11.7. The number of hydrogen-bond acceptors (Lipinski definition) is 1. The minimum atomic E-state index is 0.362. The van der Waals surface area contributed by atoms with E-state index in [1.165, 1.54) is 22.3 Å². The van der Waals surface area contributed by atoms with Gasteiger partial charge in [-0.1, -0.05) is 12.1 Å². The van der Waals surface area contributed by atoms with E-state index in [-0.39, 0.29) is 0 Å². The third-order valence-corrected chi connectivity index (χ3v) is 2.91. The zero-order valence-electron chi connectivity index (χ0n) is 7.72. The lowest BCUT2D eigenvalue weighted by Gasteiger charge is -2.06. The first-order valence-corrected chi connectivity index (χ1v) is 4.52. The molecule has 0 radical (unpaired) electrons. The highest BCUT2D eigenvalue weighted by atomic mass is 14.6. The van der Waals surface area contributed by atoms with E-state index in [2.05, 4.69) is 26.0 Å². The first-order valence-electron chi connectivity index (χ1n) is 4.52. The van der Waals surface area contributed by atoms with Gasteiger partial charge in [-0.15, -0.1) is 0 Å². The largest absolute Gasteiger partial charge is 0.327 e. The van der Waals surface area contributed by atoms with Gasteiger partial charge in [-0.25, -0.2) is 0 Å². The van der Waals surface area contributed by atoms with Crippen molar-refractivity contribution >= 4 is 0 Å². The average molecular weight is 161 g/mol. The van der Waals surface area contributed by atoms with Crippen LogP contribution >= 0.6 is 0 Å². The second-order valence-electron chi connectivity index (χ2n) is 3.81. The molecule has 0 aromatic heterocycles. The van der Waals surface area contributed by atoms with Crippen molar-refractivity contribution in [3.05, 3.63) is 34.4 Å². The molecule has 1 aromatic carbocycles. The van der Waals surface area contributed by atoms with E-state index in [4.69, 9.17) is 5.73 Å². The highest BCUT2D eigenvalue weighted by molar-refractivity contribution is 5.43. The molecular formula is C11H15N. The lowest BCUT2D eigenvalue weighted by molar-refractivity contribution is 0.720. The van der Waals surface area contributed by atoms with Crippen molar-refractivity contribution in [2.24, 2.45) is 5.73 Å². The van der Waals surface area contributed by atoms with E-state index in [0.29, 0.717) is 6.04 Å². The molecule has 0 amide bonds. The Hall–Kier alpha value is -0.820. The Labute approximate surface area is 73.6 Å². The van der Waals surface area contributed by atoms with Crippen molar-refractivity contribution in [3.8, 4) is 0 Å². The molecule has 0 bridgehead atoms. The summed E-state index contributed by atoms with van der Waals surface area (Å²) in [7, 11) is 0. The van der Waals surface area contributed by atoms with Gasteiger partial charge in [0.2, 0.25) is 0 Å². The third kappa shape index (κ3) is 1.05. The fourth-order valence-electron chi connectivity index (χ4n) is 2.02. The van der Waals surface area contributed by atoms with Crippen molar-refractivity contribution in [1.82, 2.24) is 0 Å². The summed E-state index contributed by atoms with van der Waals surface area (Å²) < 4.78 is 0. The minimum absolute atomic E-state index is 0.362. The highest BCUT2D eigenvalue weighted by Gasteiger charge is 2.19. The SMILES string of the molecule is Cc1ccc2c(c1C)CC(N)C2. The summed E-state index contributed by atoms with van der Waals surface area (Å²) >= 11 is 0. The van der Waals surface area contributed by atoms with Gasteiger partial charge in [0.25, 0.3) is 0 Å². The zero-order valence-corrected chi connectivity index (χ0v) is 7.72. The van der Waals surface area contributed by atoms with E-state index in [9.17, 15) is 0 Å². The molecule has 1 aliphatic carbocycles. The Bertz CT molecular complexity index is 315. The molecule has 2 rings (SSSR count). The predicted molar refractivity (Wildman–Crippen MR) is 51.3 cm³/mol. The zero-order chi connectivity index (χ0) is 8.72. The highest BCUT2D eigenvalue weighted by Crippen LogP contribution is 2.26. The molecule has 2 N–H and O–H groups in total. The van der Waals surface area contributed by atoms with Gasteiger partial charge >= 0.3 is 0 Å². The number of rotatable bonds is 0. The van der Waals surface area contributed by atoms with Crippen LogP contribution in [0.5, 0.6) is 0 Å². The molecular weight excluding hydrogens is 146 g/mol. The van der Waals surface area contributed by atoms with E-state index >= 15 is 0 Å². The van der Waals surface area contributed by atoms with Gasteiger partial charge in [0.1, 0.15) is 0 Å². The summed E-state index contributed by atoms with van der Waals surface area (Å²) in [4.78, 5) is 0. The summed E-state index contributed by atoms with van der Waals surface area (Å²) in [6, 6.07) is 4.79. The van der Waals surface area contributed by atoms with Crippen molar-refractivity contribution in [2.45, 2.75) is 32.7 Å². The van der Waals surface area contributed by atoms with E-state index < -0.39 is 0 Å². The molecule has 0 saturated heterocycles. The summed E-state index contributed by atoms with van der Waals surface area (Å²) in [5, 5.41) is 0. The maximum atomic E-state index is 5.90. The predicted octanol–water partition coefficient (Wildman–Crippen LogP) is 1.73. The second-order valence-corrected chi connectivity index (χ2v) is 3.81. The Morgan fingerprint density at radius 1 is 1.25 bits per heavy atom. The molecule has 0 fully saturated rings. The molecule has 0 saturated carbocycles. The van der Waals surface area contributed by atoms with Gasteiger partial charge < -0.3 is 5.73 Å². The molecule has 0 aliphatic heterocycles. The number of nitrogens with two attached hydrogens (primary N) is 1. The fraction of sp³-hybridized carbons (Fsp3) is 0.455. The fourth-order valence-corrected chi connectivity index (χ4v) is 2.02. The average Bonchev–Trinajstić information content (AvgIpc) is 2.39. The Balaban J connectivity index is 2.54. The monoisotopic (exact) mass is 161 g/mol. The van der Waals surface area contributed by atoms with E-state index in [1.54, 1.807) is 0 Å². The lowest BCUT2D eigenvalue weighted by atomic mass is 10.00. The van der Waals surface area contributed by atoms with Crippen LogP contribution in [0.15, 0.2) is 12.1 Å². The van der Waals surface area contributed by atoms with Gasteiger partial charge in [-0.2, -0.15) is 0 Å². The lowest BCUT2D eigenvalue weighted by Crippen LogP contribution is -2.19. The van der Waals surface area contributed by atoms with Crippen molar-refractivity contribution in [2.75, 3.05) is 0 Å². The van der Waals surface area contributed by atoms with Gasteiger partial charge in [0, 0.05) is 6.04 Å². The van der Waals surface area contributed by atoms with Gasteiger partial charge in [-0.05, 0) is 48.9 Å². The minimum Gasteiger partial charge on any atom is -0.327 e. The Morgan fingerprint density at radius 2 is 2.00 bits per heavy atom. The molecule has 12 heavy (non-hydrogen) atoms. The first-order chi connectivity index (χ1) is 5.68. The molecule has 1 atom stereocenters. The topological polar surface area (TPSA) is 26.0 Å². The van der Waals surface area contributed by atoms with Crippen molar-refractivity contribution in [3.63, 3.8) is 0 Å². The van der Waals surface area contributed by atoms with Gasteiger partial charge in [0.05, 0.1) is 0 Å². The summed E-state index contributed by atoms with van der Waals surface area (Å²) in [6.07, 6.45) is 2.14. The molecule has 1 aliphatic rings. The number of benzene rings is 1. The van der Waals surface area contributed by atoms with Crippen LogP contribution in [0.4, 0.5) is 0 Å². The quantitative estimate of drug-likeness (QED) is 0.616. The molecule has 64 valence electrons. The number of fused-ring (bicyclic) bond motifs is 1. The maximum Gasteiger partial charge on any atom is 0.0120 e. The standard InChI is InChI=1S/C11H15N/c1-7-3-4-9-5-10(12)6-11(9)8(7)2/h3-4,10H,5-6,12H2,1-2H3. The van der Waals surface area contributed by atoms with Crippen molar-refractivity contribution in [1.29, 1.82) is 0 Å². The Kier molecular flexibility index (Phi) is 1.69. The smallest absolute Gasteiger partial charge is 0.0120 e. The van der Waals surface area contributed by atoms with Crippen LogP contribution in [0.3, 0.4) is 0 Å². The van der Waals surface area contributed by atoms with E-state index in [0.717, 1.165) is 12.8 Å². The van der Waals surface area contributed by atoms with Crippen LogP contribution in [0.1, 0.15) is 22.3 Å². The van der Waals surface area contributed by atoms with E-state index in [1.807, 2.05) is 0 Å². The normalized spacial score (nSPS) is 21.1. The third-order valence-electron chi connectivity index (χ3n) is 2.91.